The van der Waals surface area contributed by atoms with E-state index in [-0.39, 0.29) is 54.6 Å². The van der Waals surface area contributed by atoms with Gasteiger partial charge < -0.3 is 34.7 Å². The zero-order valence-electron chi connectivity index (χ0n) is 39.9. The number of carbonyl (C=O) groups is 4. The number of methoxy groups -OCH3 is 1. The molecule has 2 unspecified atom stereocenters. The number of nitrogens with one attached hydrogen (secondary N) is 3. The van der Waals surface area contributed by atoms with Gasteiger partial charge in [0, 0.05) is 67.8 Å². The van der Waals surface area contributed by atoms with E-state index < -0.39 is 41.3 Å². The van der Waals surface area contributed by atoms with Gasteiger partial charge in [-0.25, -0.2) is 5.43 Å². The van der Waals surface area contributed by atoms with Crippen molar-refractivity contribution in [3.05, 3.63) is 71.5 Å². The van der Waals surface area contributed by atoms with Gasteiger partial charge in [-0.05, 0) is 117 Å². The Hall–Kier alpha value is -5.31. The Morgan fingerprint density at radius 1 is 1.06 bits per heavy atom. The molecule has 65 heavy (non-hydrogen) atoms. The number of hydrazine groups is 1. The third-order valence-corrected chi connectivity index (χ3v) is 13.6. The summed E-state index contributed by atoms with van der Waals surface area (Å²) in [6.07, 6.45) is 3.77. The van der Waals surface area contributed by atoms with Crippen LogP contribution >= 0.6 is 0 Å². The normalized spacial score (nSPS) is 22.4. The summed E-state index contributed by atoms with van der Waals surface area (Å²) in [7, 11) is 3.35. The number of cyclic esters (lactones) is 1. The van der Waals surface area contributed by atoms with Crippen molar-refractivity contribution in [3.8, 4) is 28.1 Å². The Kier molecular flexibility index (Phi) is 14.4. The number of pyridine rings is 1. The molecular formula is C51H69N7O7. The summed E-state index contributed by atoms with van der Waals surface area (Å²) in [6.45, 7) is 18.1. The molecule has 0 radical (unpaired) electrons. The van der Waals surface area contributed by atoms with Gasteiger partial charge in [0.05, 0.1) is 30.0 Å². The quantitative estimate of drug-likeness (QED) is 0.128. The van der Waals surface area contributed by atoms with Crippen LogP contribution in [0.4, 0.5) is 0 Å². The minimum Gasteiger partial charge on any atom is -0.508 e. The number of amides is 3. The van der Waals surface area contributed by atoms with Gasteiger partial charge in [-0.2, -0.15) is 0 Å². The summed E-state index contributed by atoms with van der Waals surface area (Å²) in [5, 5.41) is 20.3. The molecule has 6 atom stereocenters. The van der Waals surface area contributed by atoms with Crippen molar-refractivity contribution in [2.75, 3.05) is 33.9 Å². The van der Waals surface area contributed by atoms with Crippen molar-refractivity contribution >= 4 is 34.6 Å². The summed E-state index contributed by atoms with van der Waals surface area (Å²) in [5.74, 6) is -1.75. The minimum atomic E-state index is -1.11. The number of hydrogen-bond donors (Lipinski definition) is 4. The van der Waals surface area contributed by atoms with Crippen LogP contribution in [0.25, 0.3) is 33.3 Å². The van der Waals surface area contributed by atoms with E-state index >= 15 is 0 Å². The lowest BCUT2D eigenvalue weighted by atomic mass is 9.84. The molecule has 0 spiro atoms. The number of ether oxygens (including phenoxy) is 2. The summed E-state index contributed by atoms with van der Waals surface area (Å²) in [6, 6.07) is 12.8. The van der Waals surface area contributed by atoms with E-state index in [1.54, 1.807) is 37.4 Å². The van der Waals surface area contributed by atoms with E-state index in [1.165, 1.54) is 5.01 Å². The van der Waals surface area contributed by atoms with Crippen LogP contribution in [0.5, 0.6) is 5.75 Å². The largest absolute Gasteiger partial charge is 0.508 e. The van der Waals surface area contributed by atoms with Crippen molar-refractivity contribution in [1.82, 2.24) is 35.5 Å². The lowest BCUT2D eigenvalue weighted by Gasteiger charge is -2.37. The zero-order chi connectivity index (χ0) is 46.9. The standard InChI is InChI=1S/C51H69N7O7/c1-11-57-42-17-16-33-26-38(42)39(46(57)36-14-12-19-52-44(36)31(6)64-10)27-51(7,8)28-65-50(63)40-15-13-21-58(55-40)49(62)41(24-32-22-34(33)25-35(59)23-32)54-47(60)45(30(4)5)56(9)48(61)37-18-20-53-43(37)29(2)3/h12,14,16-17,19,22-23,25-26,29-31,37,40-41,43,45,53,55,59H,11,13,15,18,20-21,24,27-28H2,1-10H3,(H,54,60)/t31-,37?,40-,41-,43?,45-/m0/s1. The predicted octanol–water partition coefficient (Wildman–Crippen LogP) is 6.57. The van der Waals surface area contributed by atoms with Gasteiger partial charge in [0.2, 0.25) is 11.8 Å². The van der Waals surface area contributed by atoms with Crippen molar-refractivity contribution in [2.24, 2.45) is 23.2 Å². The Labute approximate surface area is 383 Å². The van der Waals surface area contributed by atoms with Crippen LogP contribution < -0.4 is 16.1 Å². The third kappa shape index (κ3) is 9.95. The van der Waals surface area contributed by atoms with Crippen LogP contribution in [0.1, 0.15) is 97.6 Å². The molecule has 7 rings (SSSR count). The number of rotatable bonds is 10. The topological polar surface area (TPSA) is 167 Å². The fraction of sp³-hybridized carbons (Fsp3) is 0.549. The number of phenols is 1. The summed E-state index contributed by atoms with van der Waals surface area (Å²) >= 11 is 0. The molecule has 14 heteroatoms. The highest BCUT2D eigenvalue weighted by molar-refractivity contribution is 5.96. The van der Waals surface area contributed by atoms with Crippen LogP contribution in [-0.2, 0) is 48.0 Å². The van der Waals surface area contributed by atoms with E-state index in [2.05, 4.69) is 73.4 Å². The first-order valence-corrected chi connectivity index (χ1v) is 23.4. The second kappa shape index (κ2) is 19.7. The second-order valence-electron chi connectivity index (χ2n) is 19.8. The number of hydrogen-bond acceptors (Lipinski definition) is 10. The molecule has 4 N–H and O–H groups in total. The Balaban J connectivity index is 1.33. The lowest BCUT2D eigenvalue weighted by molar-refractivity contribution is -0.155. The number of aryl methyl sites for hydroxylation is 1. The molecule has 0 aliphatic carbocycles. The highest BCUT2D eigenvalue weighted by atomic mass is 16.5. The van der Waals surface area contributed by atoms with Crippen molar-refractivity contribution in [1.29, 1.82) is 0 Å². The number of aromatic hydroxyl groups is 1. The number of fused-ring (bicyclic) bond motifs is 6. The minimum absolute atomic E-state index is 0.000326. The van der Waals surface area contributed by atoms with Gasteiger partial charge >= 0.3 is 5.97 Å². The average Bonchev–Trinajstić information content (AvgIpc) is 3.89. The maximum atomic E-state index is 14.7. The SMILES string of the molecule is CCn1c(-c2cccnc2[C@H](C)OC)c2c3cc(ccc31)-c1cc(O)cc(c1)C[C@H](NC(=O)[C@H](C(C)C)N(C)C(=O)C1CCNC1C(C)C)C(=O)N1CCC[C@H](N1)C(=O)OCC(C)(C)C2. The fourth-order valence-electron chi connectivity index (χ4n) is 10.4. The van der Waals surface area contributed by atoms with Crippen LogP contribution in [0.3, 0.4) is 0 Å². The molecule has 2 aromatic carbocycles. The number of phenolic OH excluding ortho intramolecular Hbond substituents is 1. The third-order valence-electron chi connectivity index (χ3n) is 13.6. The maximum absolute atomic E-state index is 14.7. The molecule has 350 valence electrons. The molecule has 0 saturated carbocycles. The first kappa shape index (κ1) is 47.6. The molecule has 14 nitrogen and oxygen atoms in total. The Morgan fingerprint density at radius 3 is 2.54 bits per heavy atom. The molecule has 2 saturated heterocycles. The van der Waals surface area contributed by atoms with E-state index in [1.807, 2.05) is 39.0 Å². The van der Waals surface area contributed by atoms with Crippen LogP contribution in [0.2, 0.25) is 0 Å². The van der Waals surface area contributed by atoms with E-state index in [0.717, 1.165) is 51.1 Å². The number of esters is 1. The van der Waals surface area contributed by atoms with Crippen LogP contribution in [-0.4, -0.2) is 106 Å². The van der Waals surface area contributed by atoms with E-state index in [9.17, 15) is 24.3 Å². The molecule has 3 aliphatic heterocycles. The number of likely N-dealkylation sites (N-methyl/N-ethyl adjacent to an activating group) is 1. The summed E-state index contributed by atoms with van der Waals surface area (Å²) in [4.78, 5) is 63.7. The van der Waals surface area contributed by atoms with Crippen LogP contribution in [0.15, 0.2) is 54.7 Å². The van der Waals surface area contributed by atoms with Crippen LogP contribution in [0, 0.1) is 23.2 Å². The molecule has 2 aromatic heterocycles. The number of carbonyl (C=O) groups excluding carboxylic acids is 4. The zero-order valence-corrected chi connectivity index (χ0v) is 39.9. The Bertz CT molecular complexity index is 2410. The van der Waals surface area contributed by atoms with E-state index in [0.29, 0.717) is 44.3 Å². The number of benzene rings is 2. The molecule has 6 bridgehead atoms. The lowest BCUT2D eigenvalue weighted by Crippen LogP contribution is -2.62. The van der Waals surface area contributed by atoms with Crippen molar-refractivity contribution < 1.29 is 33.8 Å². The molecule has 3 amide bonds. The van der Waals surface area contributed by atoms with Crippen molar-refractivity contribution in [2.45, 2.75) is 124 Å². The first-order chi connectivity index (χ1) is 30.9. The van der Waals surface area contributed by atoms with Crippen molar-refractivity contribution in [3.63, 3.8) is 0 Å². The van der Waals surface area contributed by atoms with Gasteiger partial charge in [-0.3, -0.25) is 29.2 Å². The molecular weight excluding hydrogens is 823 g/mol. The molecule has 3 aliphatic rings. The highest BCUT2D eigenvalue weighted by Crippen LogP contribution is 2.42. The fourth-order valence-corrected chi connectivity index (χ4v) is 10.4. The summed E-state index contributed by atoms with van der Waals surface area (Å²) < 4.78 is 14.2. The summed E-state index contributed by atoms with van der Waals surface area (Å²) in [5.41, 5.74) is 9.73. The van der Waals surface area contributed by atoms with Gasteiger partial charge in [0.15, 0.2) is 0 Å². The molecule has 5 heterocycles. The van der Waals surface area contributed by atoms with Gasteiger partial charge in [0.1, 0.15) is 23.9 Å². The predicted molar refractivity (Wildman–Crippen MR) is 251 cm³/mol. The number of nitrogens with zero attached hydrogens (tertiary/aromatic N) is 4. The van der Waals surface area contributed by atoms with Gasteiger partial charge in [0.25, 0.3) is 5.91 Å². The maximum Gasteiger partial charge on any atom is 0.324 e. The number of aromatic nitrogens is 2. The second-order valence-corrected chi connectivity index (χ2v) is 19.8. The average molecular weight is 892 g/mol. The van der Waals surface area contributed by atoms with E-state index in [4.69, 9.17) is 14.5 Å². The van der Waals surface area contributed by atoms with Gasteiger partial charge in [-0.1, -0.05) is 53.7 Å². The highest BCUT2D eigenvalue weighted by Gasteiger charge is 2.42. The first-order valence-electron chi connectivity index (χ1n) is 23.4. The molecule has 2 fully saturated rings. The van der Waals surface area contributed by atoms with Gasteiger partial charge in [-0.15, -0.1) is 0 Å². The monoisotopic (exact) mass is 892 g/mol. The molecule has 4 aromatic rings. The Morgan fingerprint density at radius 2 is 1.83 bits per heavy atom. The smallest absolute Gasteiger partial charge is 0.324 e.